The lowest BCUT2D eigenvalue weighted by Crippen LogP contribution is -2.00. The fourth-order valence-corrected chi connectivity index (χ4v) is 2.17. The summed E-state index contributed by atoms with van der Waals surface area (Å²) in [7, 11) is 1.61. The summed E-state index contributed by atoms with van der Waals surface area (Å²) < 4.78 is 7.89. The average molecular weight is 376 g/mol. The van der Waals surface area contributed by atoms with E-state index >= 15 is 0 Å². The predicted molar refractivity (Wildman–Crippen MR) is 99.9 cm³/mol. The minimum Gasteiger partial charge on any atom is -0.504 e. The molecule has 0 aliphatic carbocycles. The molecule has 0 N–H and O–H groups in total. The molecule has 0 radical (unpaired) electrons. The highest BCUT2D eigenvalue weighted by Gasteiger charge is 2.12. The maximum atomic E-state index is 4.91. The Morgan fingerprint density at radius 3 is 2.43 bits per heavy atom. The molecule has 0 amide bonds. The van der Waals surface area contributed by atoms with Crippen LogP contribution in [0.1, 0.15) is 19.7 Å². The van der Waals surface area contributed by atoms with Crippen molar-refractivity contribution >= 4 is 21.6 Å². The summed E-state index contributed by atoms with van der Waals surface area (Å²) in [5.41, 5.74) is 1.87. The number of hydrogen-bond acceptors (Lipinski definition) is 3. The molecule has 122 valence electrons. The minimum absolute atomic E-state index is 0.775. The molecule has 0 aliphatic rings. The second-order valence-electron chi connectivity index (χ2n) is 4.27. The maximum Gasteiger partial charge on any atom is 0.168 e. The highest BCUT2D eigenvalue weighted by atomic mass is 79.9. The predicted octanol–water partition coefficient (Wildman–Crippen LogP) is 5.23. The molecule has 0 saturated heterocycles. The van der Waals surface area contributed by atoms with Crippen molar-refractivity contribution in [2.75, 3.05) is 7.11 Å². The second kappa shape index (κ2) is 9.79. The van der Waals surface area contributed by atoms with E-state index in [0.717, 1.165) is 27.4 Å². The van der Waals surface area contributed by atoms with E-state index in [1.54, 1.807) is 19.4 Å². The van der Waals surface area contributed by atoms with E-state index in [0.29, 0.717) is 0 Å². The van der Waals surface area contributed by atoms with Crippen molar-refractivity contribution in [3.05, 3.63) is 65.6 Å². The van der Waals surface area contributed by atoms with Gasteiger partial charge >= 0.3 is 0 Å². The van der Waals surface area contributed by atoms with Gasteiger partial charge in [0.1, 0.15) is 5.82 Å². The number of nitrogens with zero attached hydrogens (tertiary/aromatic N) is 3. The first kappa shape index (κ1) is 18.9. The molecule has 0 fully saturated rings. The van der Waals surface area contributed by atoms with Gasteiger partial charge in [0.05, 0.1) is 13.4 Å². The van der Waals surface area contributed by atoms with Crippen LogP contribution in [0.15, 0.2) is 59.8 Å². The van der Waals surface area contributed by atoms with Crippen molar-refractivity contribution in [1.29, 1.82) is 0 Å². The maximum absolute atomic E-state index is 4.91. The average Bonchev–Trinajstić information content (AvgIpc) is 2.96. The Labute approximate surface area is 146 Å². The Balaban J connectivity index is 0.00000127. The van der Waals surface area contributed by atoms with E-state index in [4.69, 9.17) is 4.74 Å². The third kappa shape index (κ3) is 4.93. The monoisotopic (exact) mass is 375 g/mol. The number of aryl methyl sites for hydroxylation is 1. The summed E-state index contributed by atoms with van der Waals surface area (Å²) in [5.74, 6) is 1.57. The lowest BCUT2D eigenvalue weighted by atomic mass is 10.2. The molecule has 2 rings (SSSR count). The molecule has 0 saturated carbocycles. The van der Waals surface area contributed by atoms with Crippen molar-refractivity contribution in [2.45, 2.75) is 20.8 Å². The Morgan fingerprint density at radius 2 is 1.87 bits per heavy atom. The van der Waals surface area contributed by atoms with Crippen molar-refractivity contribution in [3.8, 4) is 11.4 Å². The Kier molecular flexibility index (Phi) is 8.05. The van der Waals surface area contributed by atoms with Crippen molar-refractivity contribution in [3.63, 3.8) is 0 Å². The molecule has 0 bridgehead atoms. The zero-order chi connectivity index (χ0) is 17.2. The van der Waals surface area contributed by atoms with Gasteiger partial charge < -0.3 is 4.74 Å². The number of aromatic nitrogens is 3. The van der Waals surface area contributed by atoms with Gasteiger partial charge in [-0.25, -0.2) is 0 Å². The quantitative estimate of drug-likeness (QED) is 0.530. The number of hydrogen-bond donors (Lipinski definition) is 0. The SMILES string of the molecule is C=C/C(=C\C=C\OC)n1c(C)nnc1-c1ccc(Br)cc1.CC. The normalized spacial score (nSPS) is 11.1. The van der Waals surface area contributed by atoms with Crippen LogP contribution in [0.25, 0.3) is 17.1 Å². The molecular formula is C18H22BrN3O. The van der Waals surface area contributed by atoms with Crippen molar-refractivity contribution in [1.82, 2.24) is 14.8 Å². The van der Waals surface area contributed by atoms with Crippen LogP contribution in [-0.2, 0) is 4.74 Å². The van der Waals surface area contributed by atoms with Crippen LogP contribution in [0.4, 0.5) is 0 Å². The first-order valence-electron chi connectivity index (χ1n) is 7.37. The molecule has 0 atom stereocenters. The topological polar surface area (TPSA) is 39.9 Å². The van der Waals surface area contributed by atoms with E-state index in [1.807, 2.05) is 61.8 Å². The van der Waals surface area contributed by atoms with Gasteiger partial charge in [0.2, 0.25) is 0 Å². The molecule has 0 spiro atoms. The highest BCUT2D eigenvalue weighted by molar-refractivity contribution is 9.10. The third-order valence-corrected chi connectivity index (χ3v) is 3.40. The van der Waals surface area contributed by atoms with Crippen LogP contribution in [-0.4, -0.2) is 21.9 Å². The lowest BCUT2D eigenvalue weighted by Gasteiger charge is -2.09. The van der Waals surface area contributed by atoms with Gasteiger partial charge in [0.25, 0.3) is 0 Å². The van der Waals surface area contributed by atoms with Crippen LogP contribution in [0.5, 0.6) is 0 Å². The molecule has 1 aromatic carbocycles. The van der Waals surface area contributed by atoms with E-state index in [2.05, 4.69) is 32.7 Å². The smallest absolute Gasteiger partial charge is 0.168 e. The molecule has 1 aromatic heterocycles. The fourth-order valence-electron chi connectivity index (χ4n) is 1.91. The first-order valence-corrected chi connectivity index (χ1v) is 8.17. The number of benzene rings is 1. The van der Waals surface area contributed by atoms with Gasteiger partial charge in [-0.05, 0) is 37.3 Å². The molecule has 5 heteroatoms. The standard InChI is InChI=1S/C16H16BrN3O.C2H6/c1-4-15(6-5-11-21-3)20-12(2)18-19-16(20)13-7-9-14(17)10-8-13;1-2/h4-11H,1H2,2-3H3;1-2H3/b11-5+,15-6+;. The van der Waals surface area contributed by atoms with E-state index in [-0.39, 0.29) is 0 Å². The first-order chi connectivity index (χ1) is 11.2. The van der Waals surface area contributed by atoms with Gasteiger partial charge in [-0.1, -0.05) is 48.5 Å². The summed E-state index contributed by atoms with van der Waals surface area (Å²) in [6, 6.07) is 7.95. The minimum atomic E-state index is 0.775. The fraction of sp³-hybridized carbons (Fsp3) is 0.222. The number of methoxy groups -OCH3 is 1. The van der Waals surface area contributed by atoms with Crippen LogP contribution in [0, 0.1) is 6.92 Å². The summed E-state index contributed by atoms with van der Waals surface area (Å²) >= 11 is 3.43. The van der Waals surface area contributed by atoms with Crippen LogP contribution >= 0.6 is 15.9 Å². The second-order valence-corrected chi connectivity index (χ2v) is 5.19. The molecular weight excluding hydrogens is 354 g/mol. The van der Waals surface area contributed by atoms with Crippen LogP contribution in [0.3, 0.4) is 0 Å². The zero-order valence-electron chi connectivity index (χ0n) is 14.0. The third-order valence-electron chi connectivity index (χ3n) is 2.88. The molecule has 1 heterocycles. The highest BCUT2D eigenvalue weighted by Crippen LogP contribution is 2.24. The number of allylic oxidation sites excluding steroid dienone is 4. The molecule has 2 aromatic rings. The van der Waals surface area contributed by atoms with Crippen molar-refractivity contribution in [2.24, 2.45) is 0 Å². The van der Waals surface area contributed by atoms with Gasteiger partial charge in [-0.2, -0.15) is 0 Å². The molecule has 0 unspecified atom stereocenters. The van der Waals surface area contributed by atoms with Crippen LogP contribution in [0.2, 0.25) is 0 Å². The molecule has 0 aliphatic heterocycles. The van der Waals surface area contributed by atoms with Crippen molar-refractivity contribution < 1.29 is 4.74 Å². The Morgan fingerprint density at radius 1 is 1.22 bits per heavy atom. The summed E-state index contributed by atoms with van der Waals surface area (Å²) in [4.78, 5) is 0. The molecule has 23 heavy (non-hydrogen) atoms. The largest absolute Gasteiger partial charge is 0.504 e. The number of halogens is 1. The summed E-state index contributed by atoms with van der Waals surface area (Å²) in [6.45, 7) is 9.77. The molecule has 4 nitrogen and oxygen atoms in total. The van der Waals surface area contributed by atoms with E-state index < -0.39 is 0 Å². The van der Waals surface area contributed by atoms with Crippen LogP contribution < -0.4 is 0 Å². The van der Waals surface area contributed by atoms with E-state index in [9.17, 15) is 0 Å². The van der Waals surface area contributed by atoms with Gasteiger partial charge in [0.15, 0.2) is 5.82 Å². The summed E-state index contributed by atoms with van der Waals surface area (Å²) in [6.07, 6.45) is 7.07. The number of rotatable bonds is 5. The lowest BCUT2D eigenvalue weighted by molar-refractivity contribution is 0.338. The van der Waals surface area contributed by atoms with E-state index in [1.165, 1.54) is 0 Å². The van der Waals surface area contributed by atoms with Gasteiger partial charge in [-0.15, -0.1) is 10.2 Å². The Bertz CT molecular complexity index is 685. The zero-order valence-corrected chi connectivity index (χ0v) is 15.5. The summed E-state index contributed by atoms with van der Waals surface area (Å²) in [5, 5.41) is 8.44. The number of ether oxygens (including phenoxy) is 1. The Hall–Kier alpha value is -2.14. The van der Waals surface area contributed by atoms with Gasteiger partial charge in [-0.3, -0.25) is 4.57 Å². The van der Waals surface area contributed by atoms with Gasteiger partial charge in [0, 0.05) is 15.7 Å².